The minimum Gasteiger partial charge on any atom is -0.494 e. The number of amides is 1. The van der Waals surface area contributed by atoms with Gasteiger partial charge in [-0.3, -0.25) is 9.78 Å². The Balaban J connectivity index is 1.56. The zero-order valence-corrected chi connectivity index (χ0v) is 14.3. The number of carbonyl (C=O) groups is 1. The maximum atomic E-state index is 12.1. The van der Waals surface area contributed by atoms with Gasteiger partial charge in [0.25, 0.3) is 5.91 Å². The minimum atomic E-state index is -0.227. The SMILES string of the molecule is CCOc1ccc(Nc2ncc(C(=O)NCc3ccncc3)cn2)cc1. The number of carbonyl (C=O) groups excluding carboxylic acids is 1. The molecule has 1 amide bonds. The third kappa shape index (κ3) is 4.76. The van der Waals surface area contributed by atoms with E-state index in [4.69, 9.17) is 4.74 Å². The van der Waals surface area contributed by atoms with Crippen LogP contribution in [-0.4, -0.2) is 27.5 Å². The lowest BCUT2D eigenvalue weighted by Crippen LogP contribution is -2.23. The molecule has 0 aliphatic rings. The first kappa shape index (κ1) is 17.3. The second kappa shape index (κ2) is 8.57. The van der Waals surface area contributed by atoms with Crippen LogP contribution >= 0.6 is 0 Å². The van der Waals surface area contributed by atoms with Gasteiger partial charge in [0, 0.05) is 37.0 Å². The van der Waals surface area contributed by atoms with Crippen molar-refractivity contribution < 1.29 is 9.53 Å². The van der Waals surface area contributed by atoms with Crippen LogP contribution in [0.25, 0.3) is 0 Å². The molecule has 0 bridgehead atoms. The molecule has 0 aliphatic heterocycles. The standard InChI is InChI=1S/C19H19N5O2/c1-2-26-17-5-3-16(4-6-17)24-19-22-12-15(13-23-19)18(25)21-11-14-7-9-20-10-8-14/h3-10,12-13H,2,11H2,1H3,(H,21,25)(H,22,23,24). The van der Waals surface area contributed by atoms with Crippen molar-refractivity contribution in [3.05, 3.63) is 72.3 Å². The van der Waals surface area contributed by atoms with E-state index in [1.165, 1.54) is 12.4 Å². The second-order valence-electron chi connectivity index (χ2n) is 5.42. The Morgan fingerprint density at radius 2 is 1.73 bits per heavy atom. The molecule has 7 nitrogen and oxygen atoms in total. The average Bonchev–Trinajstić information content (AvgIpc) is 2.69. The summed E-state index contributed by atoms with van der Waals surface area (Å²) in [4.78, 5) is 24.5. The van der Waals surface area contributed by atoms with Gasteiger partial charge in [0.15, 0.2) is 0 Å². The molecule has 1 aromatic carbocycles. The van der Waals surface area contributed by atoms with Gasteiger partial charge in [0.1, 0.15) is 5.75 Å². The van der Waals surface area contributed by atoms with Crippen LogP contribution in [0.5, 0.6) is 5.75 Å². The fraction of sp³-hybridized carbons (Fsp3) is 0.158. The van der Waals surface area contributed by atoms with E-state index in [-0.39, 0.29) is 5.91 Å². The van der Waals surface area contributed by atoms with E-state index in [1.807, 2.05) is 43.3 Å². The molecule has 3 rings (SSSR count). The maximum Gasteiger partial charge on any atom is 0.254 e. The van der Waals surface area contributed by atoms with Crippen molar-refractivity contribution >= 4 is 17.5 Å². The predicted octanol–water partition coefficient (Wildman–Crippen LogP) is 2.94. The Morgan fingerprint density at radius 1 is 1.04 bits per heavy atom. The Hall–Kier alpha value is -3.48. The lowest BCUT2D eigenvalue weighted by Gasteiger charge is -2.08. The number of benzene rings is 1. The summed E-state index contributed by atoms with van der Waals surface area (Å²) >= 11 is 0. The number of hydrogen-bond acceptors (Lipinski definition) is 6. The van der Waals surface area contributed by atoms with E-state index < -0.39 is 0 Å². The van der Waals surface area contributed by atoms with Gasteiger partial charge >= 0.3 is 0 Å². The first-order valence-electron chi connectivity index (χ1n) is 8.23. The summed E-state index contributed by atoms with van der Waals surface area (Å²) in [5.41, 5.74) is 2.21. The van der Waals surface area contributed by atoms with Crippen LogP contribution in [0, 0.1) is 0 Å². The fourth-order valence-corrected chi connectivity index (χ4v) is 2.23. The quantitative estimate of drug-likeness (QED) is 0.682. The van der Waals surface area contributed by atoms with Gasteiger partial charge in [0.05, 0.1) is 12.2 Å². The first-order chi connectivity index (χ1) is 12.7. The summed E-state index contributed by atoms with van der Waals surface area (Å²) in [6.07, 6.45) is 6.36. The van der Waals surface area contributed by atoms with E-state index in [9.17, 15) is 4.79 Å². The van der Waals surface area contributed by atoms with Crippen LogP contribution in [0.2, 0.25) is 0 Å². The smallest absolute Gasteiger partial charge is 0.254 e. The van der Waals surface area contributed by atoms with E-state index in [1.54, 1.807) is 12.4 Å². The number of pyridine rings is 1. The van der Waals surface area contributed by atoms with Crippen molar-refractivity contribution in [1.82, 2.24) is 20.3 Å². The number of ether oxygens (including phenoxy) is 1. The van der Waals surface area contributed by atoms with E-state index in [0.29, 0.717) is 24.7 Å². The molecule has 0 fully saturated rings. The van der Waals surface area contributed by atoms with Crippen LogP contribution in [0.15, 0.2) is 61.2 Å². The van der Waals surface area contributed by atoms with Crippen LogP contribution in [0.3, 0.4) is 0 Å². The van der Waals surface area contributed by atoms with E-state index in [0.717, 1.165) is 17.0 Å². The normalized spacial score (nSPS) is 10.2. The van der Waals surface area contributed by atoms with E-state index in [2.05, 4.69) is 25.6 Å². The summed E-state index contributed by atoms with van der Waals surface area (Å²) in [5.74, 6) is 0.995. The largest absolute Gasteiger partial charge is 0.494 e. The summed E-state index contributed by atoms with van der Waals surface area (Å²) in [6.45, 7) is 2.99. The summed E-state index contributed by atoms with van der Waals surface area (Å²) in [6, 6.07) is 11.2. The van der Waals surface area contributed by atoms with Gasteiger partial charge in [-0.2, -0.15) is 0 Å². The lowest BCUT2D eigenvalue weighted by atomic mass is 10.2. The van der Waals surface area contributed by atoms with Crippen molar-refractivity contribution in [3.63, 3.8) is 0 Å². The molecule has 0 aliphatic carbocycles. The van der Waals surface area contributed by atoms with Crippen LogP contribution in [-0.2, 0) is 6.54 Å². The molecule has 0 saturated carbocycles. The third-order valence-electron chi connectivity index (χ3n) is 3.54. The monoisotopic (exact) mass is 349 g/mol. The molecule has 3 aromatic rings. The van der Waals surface area contributed by atoms with Gasteiger partial charge in [-0.05, 0) is 48.9 Å². The van der Waals surface area contributed by atoms with Crippen molar-refractivity contribution in [3.8, 4) is 5.75 Å². The molecule has 0 radical (unpaired) electrons. The molecule has 26 heavy (non-hydrogen) atoms. The number of aromatic nitrogens is 3. The Kier molecular flexibility index (Phi) is 5.72. The molecule has 7 heteroatoms. The highest BCUT2D eigenvalue weighted by atomic mass is 16.5. The third-order valence-corrected chi connectivity index (χ3v) is 3.54. The number of nitrogens with zero attached hydrogens (tertiary/aromatic N) is 3. The fourth-order valence-electron chi connectivity index (χ4n) is 2.23. The molecule has 132 valence electrons. The lowest BCUT2D eigenvalue weighted by molar-refractivity contribution is 0.0950. The highest BCUT2D eigenvalue weighted by Crippen LogP contribution is 2.18. The van der Waals surface area contributed by atoms with Gasteiger partial charge in [-0.1, -0.05) is 0 Å². The predicted molar refractivity (Wildman–Crippen MR) is 98.3 cm³/mol. The molecule has 0 atom stereocenters. The van der Waals surface area contributed by atoms with Gasteiger partial charge < -0.3 is 15.4 Å². The molecule has 2 heterocycles. The molecule has 0 spiro atoms. The molecule has 0 saturated heterocycles. The molecular weight excluding hydrogens is 330 g/mol. The van der Waals surface area contributed by atoms with E-state index >= 15 is 0 Å². The average molecular weight is 349 g/mol. The highest BCUT2D eigenvalue weighted by molar-refractivity contribution is 5.93. The van der Waals surface area contributed by atoms with Crippen LogP contribution in [0.1, 0.15) is 22.8 Å². The second-order valence-corrected chi connectivity index (χ2v) is 5.42. The Morgan fingerprint density at radius 3 is 2.38 bits per heavy atom. The molecule has 2 N–H and O–H groups in total. The summed E-state index contributed by atoms with van der Waals surface area (Å²) in [5, 5.41) is 5.90. The zero-order valence-electron chi connectivity index (χ0n) is 14.3. The van der Waals surface area contributed by atoms with Crippen molar-refractivity contribution in [2.45, 2.75) is 13.5 Å². The minimum absolute atomic E-state index is 0.227. The first-order valence-corrected chi connectivity index (χ1v) is 8.23. The molecular formula is C19H19N5O2. The van der Waals surface area contributed by atoms with Crippen LogP contribution < -0.4 is 15.4 Å². The molecule has 2 aromatic heterocycles. The Labute approximate surface area is 151 Å². The number of nitrogens with one attached hydrogen (secondary N) is 2. The van der Waals surface area contributed by atoms with Crippen LogP contribution in [0.4, 0.5) is 11.6 Å². The van der Waals surface area contributed by atoms with Crippen molar-refractivity contribution in [2.24, 2.45) is 0 Å². The Bertz CT molecular complexity index is 836. The number of anilines is 2. The van der Waals surface area contributed by atoms with Crippen molar-refractivity contribution in [2.75, 3.05) is 11.9 Å². The zero-order chi connectivity index (χ0) is 18.2. The van der Waals surface area contributed by atoms with Gasteiger partial charge in [0.2, 0.25) is 5.95 Å². The number of rotatable bonds is 7. The molecule has 0 unspecified atom stereocenters. The van der Waals surface area contributed by atoms with Crippen molar-refractivity contribution in [1.29, 1.82) is 0 Å². The number of hydrogen-bond donors (Lipinski definition) is 2. The van der Waals surface area contributed by atoms with Gasteiger partial charge in [-0.25, -0.2) is 9.97 Å². The summed E-state index contributed by atoms with van der Waals surface area (Å²) in [7, 11) is 0. The maximum absolute atomic E-state index is 12.1. The highest BCUT2D eigenvalue weighted by Gasteiger charge is 2.07. The summed E-state index contributed by atoms with van der Waals surface area (Å²) < 4.78 is 5.40. The topological polar surface area (TPSA) is 89.0 Å². The van der Waals surface area contributed by atoms with Gasteiger partial charge in [-0.15, -0.1) is 0 Å².